The van der Waals surface area contributed by atoms with Gasteiger partial charge in [0.1, 0.15) is 12.6 Å². The molecule has 9 heteroatoms. The van der Waals surface area contributed by atoms with E-state index in [1.54, 1.807) is 31.3 Å². The van der Waals surface area contributed by atoms with Crippen LogP contribution in [0.3, 0.4) is 0 Å². The molecule has 1 N–H and O–H groups in total. The van der Waals surface area contributed by atoms with Gasteiger partial charge in [0.25, 0.3) is 0 Å². The quantitative estimate of drug-likeness (QED) is 0.708. The van der Waals surface area contributed by atoms with E-state index >= 15 is 0 Å². The fraction of sp³-hybridized carbons (Fsp3) is 0.375. The van der Waals surface area contributed by atoms with Crippen molar-refractivity contribution in [2.24, 2.45) is 7.05 Å². The second-order valence-corrected chi connectivity index (χ2v) is 5.34. The monoisotopic (exact) mass is 349 g/mol. The van der Waals surface area contributed by atoms with Gasteiger partial charge in [0, 0.05) is 7.05 Å². The lowest BCUT2D eigenvalue weighted by Crippen LogP contribution is -2.45. The van der Waals surface area contributed by atoms with E-state index in [2.05, 4.69) is 14.8 Å². The molecule has 1 amide bonds. The third kappa shape index (κ3) is 3.87. The van der Waals surface area contributed by atoms with Crippen LogP contribution in [0.25, 0.3) is 11.0 Å². The average Bonchev–Trinajstić information content (AvgIpc) is 2.85. The third-order valence-corrected chi connectivity index (χ3v) is 3.77. The van der Waals surface area contributed by atoms with Gasteiger partial charge in [0.15, 0.2) is 0 Å². The SMILES string of the molecule is COC(=O)C[C@H](NC(=O)Cn1c(=O)n(C)c2ccccc21)C(=O)OC. The highest BCUT2D eigenvalue weighted by Gasteiger charge is 2.25. The summed E-state index contributed by atoms with van der Waals surface area (Å²) in [6.07, 6.45) is -0.362. The first-order valence-corrected chi connectivity index (χ1v) is 7.47. The first-order valence-electron chi connectivity index (χ1n) is 7.47. The number of fused-ring (bicyclic) bond motifs is 1. The van der Waals surface area contributed by atoms with Gasteiger partial charge in [-0.05, 0) is 12.1 Å². The molecule has 25 heavy (non-hydrogen) atoms. The van der Waals surface area contributed by atoms with Crippen LogP contribution in [0.15, 0.2) is 29.1 Å². The molecule has 0 aliphatic carbocycles. The minimum atomic E-state index is -1.18. The van der Waals surface area contributed by atoms with Crippen molar-refractivity contribution in [1.29, 1.82) is 0 Å². The van der Waals surface area contributed by atoms with Crippen LogP contribution < -0.4 is 11.0 Å². The molecule has 1 aromatic carbocycles. The van der Waals surface area contributed by atoms with Crippen LogP contribution in [0.2, 0.25) is 0 Å². The summed E-state index contributed by atoms with van der Waals surface area (Å²) in [5, 5.41) is 2.40. The van der Waals surface area contributed by atoms with Crippen molar-refractivity contribution < 1.29 is 23.9 Å². The molecule has 1 aromatic heterocycles. The molecular formula is C16H19N3O6. The summed E-state index contributed by atoms with van der Waals surface area (Å²) in [4.78, 5) is 47.7. The number of imidazole rings is 1. The van der Waals surface area contributed by atoms with Crippen molar-refractivity contribution in [1.82, 2.24) is 14.5 Å². The Bertz CT molecular complexity index is 866. The van der Waals surface area contributed by atoms with Crippen LogP contribution in [-0.2, 0) is 37.4 Å². The maximum atomic E-state index is 12.3. The van der Waals surface area contributed by atoms with Crippen LogP contribution in [-0.4, -0.2) is 47.2 Å². The summed E-state index contributed by atoms with van der Waals surface area (Å²) < 4.78 is 11.8. The van der Waals surface area contributed by atoms with Gasteiger partial charge in [0.05, 0.1) is 31.7 Å². The lowest BCUT2D eigenvalue weighted by Gasteiger charge is -2.15. The van der Waals surface area contributed by atoms with Gasteiger partial charge in [-0.25, -0.2) is 9.59 Å². The number of amides is 1. The van der Waals surface area contributed by atoms with Crippen molar-refractivity contribution in [2.75, 3.05) is 14.2 Å². The number of nitrogens with zero attached hydrogens (tertiary/aromatic N) is 2. The molecule has 2 rings (SSSR count). The Labute approximate surface area is 143 Å². The van der Waals surface area contributed by atoms with Crippen molar-refractivity contribution in [3.05, 3.63) is 34.7 Å². The number of carbonyl (C=O) groups excluding carboxylic acids is 3. The fourth-order valence-corrected chi connectivity index (χ4v) is 2.49. The lowest BCUT2D eigenvalue weighted by molar-refractivity contribution is -0.150. The van der Waals surface area contributed by atoms with Crippen LogP contribution in [0.5, 0.6) is 0 Å². The predicted molar refractivity (Wildman–Crippen MR) is 87.8 cm³/mol. The predicted octanol–water partition coefficient (Wildman–Crippen LogP) is -0.439. The number of rotatable bonds is 6. The topological polar surface area (TPSA) is 109 Å². The zero-order valence-corrected chi connectivity index (χ0v) is 14.1. The first-order chi connectivity index (χ1) is 11.9. The van der Waals surface area contributed by atoms with Gasteiger partial charge in [-0.15, -0.1) is 0 Å². The van der Waals surface area contributed by atoms with E-state index in [0.717, 1.165) is 7.11 Å². The lowest BCUT2D eigenvalue weighted by atomic mass is 10.2. The number of benzene rings is 1. The molecule has 0 aliphatic heterocycles. The molecule has 134 valence electrons. The number of carbonyl (C=O) groups is 3. The number of hydrogen-bond acceptors (Lipinski definition) is 6. The maximum Gasteiger partial charge on any atom is 0.329 e. The number of aryl methyl sites for hydroxylation is 1. The number of esters is 2. The van der Waals surface area contributed by atoms with Gasteiger partial charge >= 0.3 is 17.6 Å². The largest absolute Gasteiger partial charge is 0.469 e. The van der Waals surface area contributed by atoms with Gasteiger partial charge in [-0.1, -0.05) is 12.1 Å². The summed E-state index contributed by atoms with van der Waals surface area (Å²) in [6.45, 7) is -0.297. The minimum Gasteiger partial charge on any atom is -0.469 e. The molecule has 0 aliphatic rings. The van der Waals surface area contributed by atoms with E-state index in [1.807, 2.05) is 0 Å². The standard InChI is InChI=1S/C16H19N3O6/c1-18-11-6-4-5-7-12(11)19(16(18)23)9-13(20)17-10(15(22)25-3)8-14(21)24-2/h4-7,10H,8-9H2,1-3H3,(H,17,20)/t10-/m0/s1. The van der Waals surface area contributed by atoms with Crippen LogP contribution >= 0.6 is 0 Å². The average molecular weight is 349 g/mol. The van der Waals surface area contributed by atoms with Gasteiger partial charge in [-0.3, -0.25) is 18.7 Å². The number of methoxy groups -OCH3 is 2. The second kappa shape index (κ2) is 7.65. The Hall–Kier alpha value is -3.10. The van der Waals surface area contributed by atoms with Crippen LogP contribution in [0, 0.1) is 0 Å². The zero-order valence-electron chi connectivity index (χ0n) is 14.1. The second-order valence-electron chi connectivity index (χ2n) is 5.34. The van der Waals surface area contributed by atoms with Crippen molar-refractivity contribution in [2.45, 2.75) is 19.0 Å². The molecule has 0 spiro atoms. The molecule has 0 unspecified atom stereocenters. The summed E-state index contributed by atoms with van der Waals surface area (Å²) in [6, 6.07) is 5.84. The van der Waals surface area contributed by atoms with Crippen LogP contribution in [0.4, 0.5) is 0 Å². The minimum absolute atomic E-state index is 0.297. The molecule has 0 bridgehead atoms. The normalized spacial score (nSPS) is 11.8. The van der Waals surface area contributed by atoms with Crippen molar-refractivity contribution in [3.8, 4) is 0 Å². The van der Waals surface area contributed by atoms with Crippen LogP contribution in [0.1, 0.15) is 6.42 Å². The number of ether oxygens (including phenoxy) is 2. The number of para-hydroxylation sites is 2. The van der Waals surface area contributed by atoms with E-state index in [-0.39, 0.29) is 18.7 Å². The van der Waals surface area contributed by atoms with E-state index in [1.165, 1.54) is 16.2 Å². The summed E-state index contributed by atoms with van der Waals surface area (Å²) >= 11 is 0. The van der Waals surface area contributed by atoms with E-state index in [0.29, 0.717) is 11.0 Å². The summed E-state index contributed by atoms with van der Waals surface area (Å²) in [5.41, 5.74) is 0.908. The fourth-order valence-electron chi connectivity index (χ4n) is 2.49. The Morgan fingerprint density at radius 2 is 1.76 bits per heavy atom. The molecule has 0 saturated heterocycles. The zero-order chi connectivity index (χ0) is 18.6. The highest BCUT2D eigenvalue weighted by Crippen LogP contribution is 2.11. The third-order valence-electron chi connectivity index (χ3n) is 3.77. The van der Waals surface area contributed by atoms with E-state index in [9.17, 15) is 19.2 Å². The van der Waals surface area contributed by atoms with E-state index in [4.69, 9.17) is 0 Å². The smallest absolute Gasteiger partial charge is 0.329 e. The highest BCUT2D eigenvalue weighted by atomic mass is 16.5. The molecule has 1 heterocycles. The Kier molecular flexibility index (Phi) is 5.58. The van der Waals surface area contributed by atoms with E-state index < -0.39 is 23.9 Å². The summed E-state index contributed by atoms with van der Waals surface area (Å²) in [5.74, 6) is -2.04. The molecule has 0 saturated carbocycles. The highest BCUT2D eigenvalue weighted by molar-refractivity contribution is 5.88. The molecule has 2 aromatic rings. The number of hydrogen-bond donors (Lipinski definition) is 1. The molecule has 0 radical (unpaired) electrons. The van der Waals surface area contributed by atoms with Crippen molar-refractivity contribution >= 4 is 28.9 Å². The molecule has 1 atom stereocenters. The first kappa shape index (κ1) is 18.2. The Balaban J connectivity index is 2.21. The van der Waals surface area contributed by atoms with Gasteiger partial charge in [0.2, 0.25) is 5.91 Å². The van der Waals surface area contributed by atoms with Gasteiger partial charge in [-0.2, -0.15) is 0 Å². The molecule has 0 fully saturated rings. The maximum absolute atomic E-state index is 12.3. The van der Waals surface area contributed by atoms with Crippen molar-refractivity contribution in [3.63, 3.8) is 0 Å². The number of nitrogens with one attached hydrogen (secondary N) is 1. The molecular weight excluding hydrogens is 330 g/mol. The summed E-state index contributed by atoms with van der Waals surface area (Å²) in [7, 11) is 3.93. The van der Waals surface area contributed by atoms with Gasteiger partial charge < -0.3 is 14.8 Å². The Morgan fingerprint density at radius 1 is 1.12 bits per heavy atom. The Morgan fingerprint density at radius 3 is 2.36 bits per heavy atom. The number of aromatic nitrogens is 2. The molecule has 9 nitrogen and oxygen atoms in total.